The van der Waals surface area contributed by atoms with Gasteiger partial charge in [0.1, 0.15) is 0 Å². The number of nitrogens with two attached hydrogens (primary N) is 1. The molecule has 1 aromatic heterocycles. The van der Waals surface area contributed by atoms with Crippen LogP contribution in [0.5, 0.6) is 0 Å². The van der Waals surface area contributed by atoms with Crippen LogP contribution in [0.2, 0.25) is 5.02 Å². The van der Waals surface area contributed by atoms with E-state index in [1.54, 1.807) is 6.20 Å². The minimum absolute atomic E-state index is 0.0194. The summed E-state index contributed by atoms with van der Waals surface area (Å²) in [6.45, 7) is 2.81. The van der Waals surface area contributed by atoms with Gasteiger partial charge in [-0.3, -0.25) is 9.78 Å². The second-order valence-electron chi connectivity index (χ2n) is 4.64. The molecule has 3 N–H and O–H groups in total. The van der Waals surface area contributed by atoms with E-state index in [-0.39, 0.29) is 11.8 Å². The second-order valence-corrected chi connectivity index (χ2v) is 5.04. The lowest BCUT2D eigenvalue weighted by Gasteiger charge is -2.15. The standard InChI is InChI=1S/C15H18ClN3O/c1-2-18-15(20)11(9-17)8-10-5-6-13(16)12-4-3-7-19-14(10)12/h3-7,11H,2,8-9,17H2,1H3,(H,18,20). The fourth-order valence-corrected chi connectivity index (χ4v) is 2.44. The van der Waals surface area contributed by atoms with E-state index in [0.29, 0.717) is 24.5 Å². The molecule has 2 aromatic rings. The maximum absolute atomic E-state index is 11.9. The first-order chi connectivity index (χ1) is 9.67. The number of benzene rings is 1. The zero-order valence-corrected chi connectivity index (χ0v) is 12.2. The Morgan fingerprint density at radius 1 is 1.45 bits per heavy atom. The Bertz CT molecular complexity index is 615. The van der Waals surface area contributed by atoms with E-state index in [1.165, 1.54) is 0 Å². The first-order valence-electron chi connectivity index (χ1n) is 6.67. The average Bonchev–Trinajstić information content (AvgIpc) is 2.47. The number of halogens is 1. The van der Waals surface area contributed by atoms with Crippen molar-refractivity contribution >= 4 is 28.4 Å². The summed E-state index contributed by atoms with van der Waals surface area (Å²) in [6, 6.07) is 7.53. The number of amides is 1. The summed E-state index contributed by atoms with van der Waals surface area (Å²) in [5, 5.41) is 4.38. The van der Waals surface area contributed by atoms with Crippen molar-refractivity contribution in [3.05, 3.63) is 41.0 Å². The molecule has 1 heterocycles. The Morgan fingerprint density at radius 3 is 2.95 bits per heavy atom. The van der Waals surface area contributed by atoms with E-state index >= 15 is 0 Å². The van der Waals surface area contributed by atoms with Crippen molar-refractivity contribution in [1.29, 1.82) is 0 Å². The molecule has 1 atom stereocenters. The van der Waals surface area contributed by atoms with Crippen molar-refractivity contribution in [3.63, 3.8) is 0 Å². The van der Waals surface area contributed by atoms with Gasteiger partial charge in [0.05, 0.1) is 11.4 Å². The van der Waals surface area contributed by atoms with Crippen LogP contribution in [0.4, 0.5) is 0 Å². The number of hydrogen-bond donors (Lipinski definition) is 2. The minimum Gasteiger partial charge on any atom is -0.356 e. The molecule has 1 aromatic carbocycles. The highest BCUT2D eigenvalue weighted by Crippen LogP contribution is 2.26. The molecule has 0 aliphatic carbocycles. The van der Waals surface area contributed by atoms with Gasteiger partial charge in [0.15, 0.2) is 0 Å². The van der Waals surface area contributed by atoms with E-state index in [0.717, 1.165) is 16.5 Å². The van der Waals surface area contributed by atoms with Crippen molar-refractivity contribution in [2.75, 3.05) is 13.1 Å². The molecular weight excluding hydrogens is 274 g/mol. The van der Waals surface area contributed by atoms with Crippen LogP contribution in [0.1, 0.15) is 12.5 Å². The van der Waals surface area contributed by atoms with Crippen LogP contribution in [0.3, 0.4) is 0 Å². The molecule has 0 radical (unpaired) electrons. The molecule has 0 saturated heterocycles. The van der Waals surface area contributed by atoms with Crippen LogP contribution >= 0.6 is 11.6 Å². The maximum atomic E-state index is 11.9. The van der Waals surface area contributed by atoms with Gasteiger partial charge in [-0.05, 0) is 37.1 Å². The van der Waals surface area contributed by atoms with E-state index < -0.39 is 0 Å². The summed E-state index contributed by atoms with van der Waals surface area (Å²) in [6.07, 6.45) is 2.29. The van der Waals surface area contributed by atoms with Gasteiger partial charge in [-0.1, -0.05) is 17.7 Å². The molecule has 0 spiro atoms. The van der Waals surface area contributed by atoms with Crippen LogP contribution in [0.15, 0.2) is 30.5 Å². The minimum atomic E-state index is -0.249. The van der Waals surface area contributed by atoms with Crippen molar-refractivity contribution in [1.82, 2.24) is 10.3 Å². The van der Waals surface area contributed by atoms with Gasteiger partial charge in [0.2, 0.25) is 5.91 Å². The summed E-state index contributed by atoms with van der Waals surface area (Å²) in [7, 11) is 0. The number of nitrogens with one attached hydrogen (secondary N) is 1. The third-order valence-corrected chi connectivity index (χ3v) is 3.60. The quantitative estimate of drug-likeness (QED) is 0.887. The Morgan fingerprint density at radius 2 is 2.25 bits per heavy atom. The van der Waals surface area contributed by atoms with Gasteiger partial charge in [-0.25, -0.2) is 0 Å². The summed E-state index contributed by atoms with van der Waals surface area (Å²) in [4.78, 5) is 16.3. The first kappa shape index (κ1) is 14.8. The van der Waals surface area contributed by atoms with Gasteiger partial charge < -0.3 is 11.1 Å². The largest absolute Gasteiger partial charge is 0.356 e. The predicted molar refractivity (Wildman–Crippen MR) is 81.7 cm³/mol. The van der Waals surface area contributed by atoms with Gasteiger partial charge in [0, 0.05) is 29.7 Å². The lowest BCUT2D eigenvalue weighted by atomic mass is 9.96. The number of carbonyl (C=O) groups excluding carboxylic acids is 1. The molecule has 0 bridgehead atoms. The SMILES string of the molecule is CCNC(=O)C(CN)Cc1ccc(Cl)c2cccnc12. The molecule has 20 heavy (non-hydrogen) atoms. The number of fused-ring (bicyclic) bond motifs is 1. The zero-order valence-electron chi connectivity index (χ0n) is 11.4. The number of hydrogen-bond acceptors (Lipinski definition) is 3. The van der Waals surface area contributed by atoms with E-state index in [4.69, 9.17) is 17.3 Å². The normalized spacial score (nSPS) is 12.3. The smallest absolute Gasteiger partial charge is 0.224 e. The van der Waals surface area contributed by atoms with E-state index in [2.05, 4.69) is 10.3 Å². The average molecular weight is 292 g/mol. The Labute approximate surface area is 123 Å². The van der Waals surface area contributed by atoms with Crippen LogP contribution in [-0.2, 0) is 11.2 Å². The summed E-state index contributed by atoms with van der Waals surface area (Å²) in [5.74, 6) is -0.268. The molecule has 0 aliphatic rings. The van der Waals surface area contributed by atoms with Crippen molar-refractivity contribution in [3.8, 4) is 0 Å². The molecule has 106 valence electrons. The number of rotatable bonds is 5. The van der Waals surface area contributed by atoms with Crippen LogP contribution in [0.25, 0.3) is 10.9 Å². The number of nitrogens with zero attached hydrogens (tertiary/aromatic N) is 1. The highest BCUT2D eigenvalue weighted by Gasteiger charge is 2.18. The Balaban J connectivity index is 2.33. The summed E-state index contributed by atoms with van der Waals surface area (Å²) >= 11 is 6.17. The van der Waals surface area contributed by atoms with Gasteiger partial charge in [-0.15, -0.1) is 0 Å². The second kappa shape index (κ2) is 6.68. The molecular formula is C15H18ClN3O. The Kier molecular flexibility index (Phi) is 4.93. The fourth-order valence-electron chi connectivity index (χ4n) is 2.23. The molecule has 2 rings (SSSR count). The highest BCUT2D eigenvalue weighted by atomic mass is 35.5. The number of carbonyl (C=O) groups is 1. The molecule has 5 heteroatoms. The molecule has 4 nitrogen and oxygen atoms in total. The molecule has 0 aliphatic heterocycles. The molecule has 1 amide bonds. The number of aromatic nitrogens is 1. The number of pyridine rings is 1. The van der Waals surface area contributed by atoms with Gasteiger partial charge >= 0.3 is 0 Å². The maximum Gasteiger partial charge on any atom is 0.224 e. The van der Waals surface area contributed by atoms with Crippen molar-refractivity contribution < 1.29 is 4.79 Å². The van der Waals surface area contributed by atoms with Gasteiger partial charge in [0.25, 0.3) is 0 Å². The van der Waals surface area contributed by atoms with Crippen LogP contribution in [-0.4, -0.2) is 24.0 Å². The van der Waals surface area contributed by atoms with Crippen LogP contribution in [0, 0.1) is 5.92 Å². The lowest BCUT2D eigenvalue weighted by molar-refractivity contribution is -0.124. The third-order valence-electron chi connectivity index (χ3n) is 3.27. The third kappa shape index (κ3) is 3.08. The predicted octanol–water partition coefficient (Wildman–Crippen LogP) is 2.14. The molecule has 0 fully saturated rings. The van der Waals surface area contributed by atoms with Gasteiger partial charge in [-0.2, -0.15) is 0 Å². The Hall–Kier alpha value is -1.65. The summed E-state index contributed by atoms with van der Waals surface area (Å²) < 4.78 is 0. The first-order valence-corrected chi connectivity index (χ1v) is 7.05. The topological polar surface area (TPSA) is 68.0 Å². The van der Waals surface area contributed by atoms with Crippen molar-refractivity contribution in [2.45, 2.75) is 13.3 Å². The molecule has 1 unspecified atom stereocenters. The zero-order chi connectivity index (χ0) is 14.5. The summed E-state index contributed by atoms with van der Waals surface area (Å²) in [5.41, 5.74) is 7.55. The van der Waals surface area contributed by atoms with Crippen molar-refractivity contribution in [2.24, 2.45) is 11.7 Å². The molecule has 0 saturated carbocycles. The fraction of sp³-hybridized carbons (Fsp3) is 0.333. The highest BCUT2D eigenvalue weighted by molar-refractivity contribution is 6.35. The van der Waals surface area contributed by atoms with E-state index in [9.17, 15) is 4.79 Å². The van der Waals surface area contributed by atoms with E-state index in [1.807, 2.05) is 31.2 Å². The van der Waals surface area contributed by atoms with Crippen LogP contribution < -0.4 is 11.1 Å². The monoisotopic (exact) mass is 291 g/mol. The lowest BCUT2D eigenvalue weighted by Crippen LogP contribution is -2.36.